The second kappa shape index (κ2) is 7.13. The zero-order valence-electron chi connectivity index (χ0n) is 8.94. The summed E-state index contributed by atoms with van der Waals surface area (Å²) in [6, 6.07) is 0. The summed E-state index contributed by atoms with van der Waals surface area (Å²) in [4.78, 5) is 10.4. The molecule has 17 heavy (non-hydrogen) atoms. The van der Waals surface area contributed by atoms with Crippen LogP contribution in [0.4, 0.5) is 26.3 Å². The van der Waals surface area contributed by atoms with E-state index in [1.807, 2.05) is 0 Å². The highest BCUT2D eigenvalue weighted by Crippen LogP contribution is 2.28. The van der Waals surface area contributed by atoms with E-state index in [9.17, 15) is 31.1 Å². The van der Waals surface area contributed by atoms with Crippen LogP contribution in [0.1, 0.15) is 19.8 Å². The molecule has 0 aliphatic heterocycles. The maximum absolute atomic E-state index is 13.0. The Hall–Kier alpha value is -0.400. The van der Waals surface area contributed by atoms with E-state index in [0.717, 1.165) is 0 Å². The Balaban J connectivity index is 4.02. The number of rotatable bonds is 6. The Kier molecular flexibility index (Phi) is 6.96. The SMILES string of the molecule is CC(=O)SCCC(F)C(F)C(F)CC(F)(F)F. The van der Waals surface area contributed by atoms with Crippen molar-refractivity contribution in [2.24, 2.45) is 0 Å². The summed E-state index contributed by atoms with van der Waals surface area (Å²) in [7, 11) is 0. The number of halogens is 6. The van der Waals surface area contributed by atoms with Gasteiger partial charge in [-0.1, -0.05) is 11.8 Å². The first-order valence-electron chi connectivity index (χ1n) is 4.76. The lowest BCUT2D eigenvalue weighted by atomic mass is 10.1. The lowest BCUT2D eigenvalue weighted by molar-refractivity contribution is -0.153. The van der Waals surface area contributed by atoms with Crippen molar-refractivity contribution in [2.75, 3.05) is 5.75 Å². The first-order chi connectivity index (χ1) is 7.63. The number of thioether (sulfide) groups is 1. The first-order valence-corrected chi connectivity index (χ1v) is 5.74. The van der Waals surface area contributed by atoms with Crippen molar-refractivity contribution in [3.63, 3.8) is 0 Å². The molecule has 8 heteroatoms. The third-order valence-electron chi connectivity index (χ3n) is 1.82. The summed E-state index contributed by atoms with van der Waals surface area (Å²) < 4.78 is 73.7. The molecule has 0 aliphatic carbocycles. The van der Waals surface area contributed by atoms with Crippen LogP contribution in [0.5, 0.6) is 0 Å². The fourth-order valence-electron chi connectivity index (χ4n) is 1.03. The molecule has 0 spiro atoms. The van der Waals surface area contributed by atoms with Gasteiger partial charge in [0.15, 0.2) is 11.3 Å². The summed E-state index contributed by atoms with van der Waals surface area (Å²) in [6.07, 6.45) is -15.4. The van der Waals surface area contributed by atoms with Crippen LogP contribution in [0.2, 0.25) is 0 Å². The first kappa shape index (κ1) is 16.6. The fourth-order valence-corrected chi connectivity index (χ4v) is 1.67. The Bertz CT molecular complexity index is 244. The van der Waals surface area contributed by atoms with Crippen LogP contribution in [0.25, 0.3) is 0 Å². The zero-order chi connectivity index (χ0) is 13.6. The van der Waals surface area contributed by atoms with Crippen LogP contribution in [0.15, 0.2) is 0 Å². The number of hydrogen-bond acceptors (Lipinski definition) is 2. The van der Waals surface area contributed by atoms with E-state index in [4.69, 9.17) is 0 Å². The molecule has 3 atom stereocenters. The molecule has 0 saturated carbocycles. The second-order valence-electron chi connectivity index (χ2n) is 3.42. The molecule has 0 bridgehead atoms. The Morgan fingerprint density at radius 3 is 2.12 bits per heavy atom. The van der Waals surface area contributed by atoms with Gasteiger partial charge in [-0.05, 0) is 6.42 Å². The summed E-state index contributed by atoms with van der Waals surface area (Å²) in [5.41, 5.74) is 0. The molecule has 0 radical (unpaired) electrons. The summed E-state index contributed by atoms with van der Waals surface area (Å²) in [5, 5.41) is -0.320. The van der Waals surface area contributed by atoms with Crippen molar-refractivity contribution in [3.8, 4) is 0 Å². The molecule has 0 heterocycles. The molecule has 0 fully saturated rings. The number of alkyl halides is 6. The van der Waals surface area contributed by atoms with Crippen LogP contribution < -0.4 is 0 Å². The van der Waals surface area contributed by atoms with Crippen molar-refractivity contribution < 1.29 is 31.1 Å². The van der Waals surface area contributed by atoms with Crippen LogP contribution in [0, 0.1) is 0 Å². The van der Waals surface area contributed by atoms with Gasteiger partial charge in [0.05, 0.1) is 6.42 Å². The summed E-state index contributed by atoms with van der Waals surface area (Å²) >= 11 is 0.712. The van der Waals surface area contributed by atoms with Gasteiger partial charge >= 0.3 is 6.18 Å². The highest BCUT2D eigenvalue weighted by molar-refractivity contribution is 8.13. The third-order valence-corrected chi connectivity index (χ3v) is 2.66. The van der Waals surface area contributed by atoms with E-state index in [0.29, 0.717) is 11.8 Å². The van der Waals surface area contributed by atoms with Gasteiger partial charge in [0.2, 0.25) is 0 Å². The third kappa shape index (κ3) is 8.34. The van der Waals surface area contributed by atoms with E-state index in [1.165, 1.54) is 6.92 Å². The van der Waals surface area contributed by atoms with Crippen LogP contribution in [-0.2, 0) is 4.79 Å². The maximum Gasteiger partial charge on any atom is 0.392 e. The van der Waals surface area contributed by atoms with E-state index in [1.54, 1.807) is 0 Å². The lowest BCUT2D eigenvalue weighted by Gasteiger charge is -2.18. The summed E-state index contributed by atoms with van der Waals surface area (Å²) in [5.74, 6) is -0.0876. The smallest absolute Gasteiger partial charge is 0.288 e. The fraction of sp³-hybridized carbons (Fsp3) is 0.889. The summed E-state index contributed by atoms with van der Waals surface area (Å²) in [6.45, 7) is 1.21. The van der Waals surface area contributed by atoms with Crippen molar-refractivity contribution in [3.05, 3.63) is 0 Å². The van der Waals surface area contributed by atoms with Crippen molar-refractivity contribution in [2.45, 2.75) is 44.5 Å². The standard InChI is InChI=1S/C9H12F6OS/c1-5(16)17-3-2-6(10)8(12)7(11)4-9(13,14)15/h6-8H,2-4H2,1H3. The van der Waals surface area contributed by atoms with Crippen LogP contribution in [-0.4, -0.2) is 35.6 Å². The van der Waals surface area contributed by atoms with Gasteiger partial charge < -0.3 is 0 Å². The largest absolute Gasteiger partial charge is 0.392 e. The van der Waals surface area contributed by atoms with E-state index in [-0.39, 0.29) is 10.9 Å². The minimum atomic E-state index is -4.86. The molecule has 1 nitrogen and oxygen atoms in total. The maximum atomic E-state index is 13.0. The highest BCUT2D eigenvalue weighted by Gasteiger charge is 2.39. The normalized spacial score (nSPS) is 17.6. The van der Waals surface area contributed by atoms with E-state index >= 15 is 0 Å². The van der Waals surface area contributed by atoms with Gasteiger partial charge in [-0.2, -0.15) is 13.2 Å². The molecule has 0 saturated heterocycles. The molecule has 0 aromatic carbocycles. The highest BCUT2D eigenvalue weighted by atomic mass is 32.2. The number of carbonyl (C=O) groups excluding carboxylic acids is 1. The second-order valence-corrected chi connectivity index (χ2v) is 4.70. The van der Waals surface area contributed by atoms with Crippen molar-refractivity contribution in [1.82, 2.24) is 0 Å². The molecule has 0 amide bonds. The number of hydrogen-bond donors (Lipinski definition) is 0. The Morgan fingerprint density at radius 1 is 1.18 bits per heavy atom. The van der Waals surface area contributed by atoms with Crippen LogP contribution in [0.3, 0.4) is 0 Å². The Labute approximate surface area is 98.9 Å². The van der Waals surface area contributed by atoms with Crippen molar-refractivity contribution in [1.29, 1.82) is 0 Å². The Morgan fingerprint density at radius 2 is 1.71 bits per heavy atom. The molecular formula is C9H12F6OS. The minimum Gasteiger partial charge on any atom is -0.288 e. The van der Waals surface area contributed by atoms with Crippen molar-refractivity contribution >= 4 is 16.9 Å². The molecular weight excluding hydrogens is 270 g/mol. The van der Waals surface area contributed by atoms with Gasteiger partial charge in [-0.15, -0.1) is 0 Å². The van der Waals surface area contributed by atoms with Crippen LogP contribution >= 0.6 is 11.8 Å². The van der Waals surface area contributed by atoms with Gasteiger partial charge in [-0.3, -0.25) is 4.79 Å². The van der Waals surface area contributed by atoms with Gasteiger partial charge in [0.25, 0.3) is 0 Å². The molecule has 0 aliphatic rings. The molecule has 3 unspecified atom stereocenters. The quantitative estimate of drug-likeness (QED) is 0.692. The minimum absolute atomic E-state index is 0.0876. The molecule has 0 N–H and O–H groups in total. The topological polar surface area (TPSA) is 17.1 Å². The zero-order valence-corrected chi connectivity index (χ0v) is 9.75. The average molecular weight is 282 g/mol. The van der Waals surface area contributed by atoms with E-state index < -0.39 is 37.5 Å². The van der Waals surface area contributed by atoms with Gasteiger partial charge in [0.1, 0.15) is 12.3 Å². The molecule has 0 aromatic rings. The number of carbonyl (C=O) groups is 1. The predicted molar refractivity (Wildman–Crippen MR) is 53.1 cm³/mol. The monoisotopic (exact) mass is 282 g/mol. The van der Waals surface area contributed by atoms with Gasteiger partial charge in [-0.25, -0.2) is 13.2 Å². The van der Waals surface area contributed by atoms with Gasteiger partial charge in [0, 0.05) is 12.7 Å². The molecule has 102 valence electrons. The lowest BCUT2D eigenvalue weighted by Crippen LogP contribution is -2.32. The molecule has 0 rings (SSSR count). The average Bonchev–Trinajstić information content (AvgIpc) is 2.13. The predicted octanol–water partition coefficient (Wildman–Crippen LogP) is 3.62. The molecule has 0 aromatic heterocycles. The van der Waals surface area contributed by atoms with E-state index in [2.05, 4.69) is 0 Å².